The normalized spacial score (nSPS) is 10.9. The largest absolute Gasteiger partial charge is 0.459 e. The SMILES string of the molecule is Cc1ccc(-c2nc3cc(NC(=O)c4ccco4)ccc3o2)cc1NC(=O)c1ccco1. The summed E-state index contributed by atoms with van der Waals surface area (Å²) in [5.41, 5.74) is 3.92. The van der Waals surface area contributed by atoms with Crippen molar-refractivity contribution in [3.05, 3.63) is 90.3 Å². The van der Waals surface area contributed by atoms with Gasteiger partial charge in [-0.25, -0.2) is 4.98 Å². The minimum Gasteiger partial charge on any atom is -0.459 e. The first-order valence-corrected chi connectivity index (χ1v) is 9.78. The van der Waals surface area contributed by atoms with Crippen molar-refractivity contribution >= 4 is 34.3 Å². The van der Waals surface area contributed by atoms with Crippen LogP contribution in [0, 0.1) is 6.92 Å². The lowest BCUT2D eigenvalue weighted by Gasteiger charge is -2.08. The maximum absolute atomic E-state index is 12.3. The van der Waals surface area contributed by atoms with Crippen molar-refractivity contribution in [2.45, 2.75) is 6.92 Å². The van der Waals surface area contributed by atoms with Gasteiger partial charge in [0.25, 0.3) is 11.8 Å². The van der Waals surface area contributed by atoms with Crippen molar-refractivity contribution in [1.82, 2.24) is 4.98 Å². The highest BCUT2D eigenvalue weighted by Crippen LogP contribution is 2.29. The number of carbonyl (C=O) groups is 2. The average molecular weight is 427 g/mol. The lowest BCUT2D eigenvalue weighted by molar-refractivity contribution is 0.0989. The van der Waals surface area contributed by atoms with Gasteiger partial charge >= 0.3 is 0 Å². The van der Waals surface area contributed by atoms with E-state index in [-0.39, 0.29) is 23.3 Å². The lowest BCUT2D eigenvalue weighted by atomic mass is 10.1. The Labute approximate surface area is 181 Å². The lowest BCUT2D eigenvalue weighted by Crippen LogP contribution is -2.11. The predicted molar refractivity (Wildman–Crippen MR) is 118 cm³/mol. The van der Waals surface area contributed by atoms with Crippen molar-refractivity contribution in [2.75, 3.05) is 10.6 Å². The standard InChI is InChI=1S/C24H17N3O5/c1-14-6-7-15(12-17(14)26-23(29)21-5-3-11-31-21)24-27-18-13-16(8-9-19(18)32-24)25-22(28)20-4-2-10-30-20/h2-13H,1H3,(H,25,28)(H,26,29). The van der Waals surface area contributed by atoms with E-state index in [0.29, 0.717) is 33.9 Å². The van der Waals surface area contributed by atoms with Gasteiger partial charge < -0.3 is 23.9 Å². The van der Waals surface area contributed by atoms with Gasteiger partial charge in [-0.15, -0.1) is 0 Å². The molecule has 0 atom stereocenters. The van der Waals surface area contributed by atoms with Gasteiger partial charge in [0.2, 0.25) is 5.89 Å². The molecule has 2 aromatic carbocycles. The van der Waals surface area contributed by atoms with E-state index < -0.39 is 0 Å². The van der Waals surface area contributed by atoms with Crippen molar-refractivity contribution in [3.8, 4) is 11.5 Å². The molecule has 0 radical (unpaired) electrons. The molecule has 8 heteroatoms. The predicted octanol–water partition coefficient (Wildman–Crippen LogP) is 5.49. The van der Waals surface area contributed by atoms with Gasteiger partial charge in [0, 0.05) is 16.9 Å². The number of rotatable bonds is 5. The molecule has 8 nitrogen and oxygen atoms in total. The molecule has 0 aliphatic heterocycles. The summed E-state index contributed by atoms with van der Waals surface area (Å²) >= 11 is 0. The number of hydrogen-bond acceptors (Lipinski definition) is 6. The quantitative estimate of drug-likeness (QED) is 0.383. The first-order chi connectivity index (χ1) is 15.6. The number of oxazole rings is 1. The number of carbonyl (C=O) groups excluding carboxylic acids is 2. The number of nitrogens with one attached hydrogen (secondary N) is 2. The van der Waals surface area contributed by atoms with Crippen molar-refractivity contribution in [2.24, 2.45) is 0 Å². The van der Waals surface area contributed by atoms with E-state index in [0.717, 1.165) is 5.56 Å². The van der Waals surface area contributed by atoms with Crippen LogP contribution in [-0.4, -0.2) is 16.8 Å². The van der Waals surface area contributed by atoms with Crippen LogP contribution in [0.1, 0.15) is 26.7 Å². The molecule has 2 amide bonds. The van der Waals surface area contributed by atoms with E-state index in [2.05, 4.69) is 15.6 Å². The molecule has 0 fully saturated rings. The molecule has 0 saturated carbocycles. The van der Waals surface area contributed by atoms with E-state index in [1.165, 1.54) is 12.5 Å². The van der Waals surface area contributed by atoms with Crippen LogP contribution in [0.15, 0.2) is 86.4 Å². The number of fused-ring (bicyclic) bond motifs is 1. The number of nitrogens with zero attached hydrogens (tertiary/aromatic N) is 1. The van der Waals surface area contributed by atoms with E-state index >= 15 is 0 Å². The van der Waals surface area contributed by atoms with Crippen LogP contribution in [0.5, 0.6) is 0 Å². The number of furan rings is 2. The highest BCUT2D eigenvalue weighted by molar-refractivity contribution is 6.03. The van der Waals surface area contributed by atoms with Crippen LogP contribution in [0.2, 0.25) is 0 Å². The van der Waals surface area contributed by atoms with Crippen molar-refractivity contribution in [3.63, 3.8) is 0 Å². The number of aromatic nitrogens is 1. The van der Waals surface area contributed by atoms with E-state index in [4.69, 9.17) is 13.3 Å². The van der Waals surface area contributed by atoms with Crippen LogP contribution < -0.4 is 10.6 Å². The van der Waals surface area contributed by atoms with Gasteiger partial charge in [0.05, 0.1) is 12.5 Å². The molecule has 0 spiro atoms. The van der Waals surface area contributed by atoms with E-state index in [1.807, 2.05) is 19.1 Å². The molecular formula is C24H17N3O5. The second kappa shape index (κ2) is 7.92. The summed E-state index contributed by atoms with van der Waals surface area (Å²) in [6, 6.07) is 17.2. The molecule has 0 saturated heterocycles. The Morgan fingerprint density at radius 1 is 0.844 bits per heavy atom. The summed E-state index contributed by atoms with van der Waals surface area (Å²) in [7, 11) is 0. The summed E-state index contributed by atoms with van der Waals surface area (Å²) in [4.78, 5) is 29.1. The molecule has 0 unspecified atom stereocenters. The van der Waals surface area contributed by atoms with Gasteiger partial charge in [-0.2, -0.15) is 0 Å². The monoisotopic (exact) mass is 427 g/mol. The summed E-state index contributed by atoms with van der Waals surface area (Å²) in [6.07, 6.45) is 2.89. The first kappa shape index (κ1) is 19.4. The Balaban J connectivity index is 1.40. The highest BCUT2D eigenvalue weighted by atomic mass is 16.4. The van der Waals surface area contributed by atoms with Gasteiger partial charge in [-0.05, 0) is 67.1 Å². The van der Waals surface area contributed by atoms with E-state index in [1.54, 1.807) is 48.5 Å². The topological polar surface area (TPSA) is 111 Å². The molecule has 5 aromatic rings. The van der Waals surface area contributed by atoms with Crippen molar-refractivity contribution < 1.29 is 22.8 Å². The molecule has 5 rings (SSSR count). The molecular weight excluding hydrogens is 410 g/mol. The fourth-order valence-electron chi connectivity index (χ4n) is 3.21. The molecule has 0 aliphatic carbocycles. The third kappa shape index (κ3) is 3.77. The third-order valence-corrected chi connectivity index (χ3v) is 4.87. The van der Waals surface area contributed by atoms with Crippen molar-refractivity contribution in [1.29, 1.82) is 0 Å². The van der Waals surface area contributed by atoms with Gasteiger partial charge in [-0.1, -0.05) is 6.07 Å². The Hall–Kier alpha value is -4.59. The summed E-state index contributed by atoms with van der Waals surface area (Å²) in [5, 5.41) is 5.61. The number of amides is 2. The number of benzene rings is 2. The summed E-state index contributed by atoms with van der Waals surface area (Å²) < 4.78 is 16.1. The first-order valence-electron chi connectivity index (χ1n) is 9.78. The fraction of sp³-hybridized carbons (Fsp3) is 0.0417. The van der Waals surface area contributed by atoms with Crippen LogP contribution in [0.3, 0.4) is 0 Å². The maximum Gasteiger partial charge on any atom is 0.291 e. The van der Waals surface area contributed by atoms with Gasteiger partial charge in [0.1, 0.15) is 5.52 Å². The third-order valence-electron chi connectivity index (χ3n) is 4.87. The van der Waals surface area contributed by atoms with Gasteiger partial charge in [0.15, 0.2) is 17.1 Å². The zero-order chi connectivity index (χ0) is 22.1. The molecule has 3 aromatic heterocycles. The number of anilines is 2. The smallest absolute Gasteiger partial charge is 0.291 e. The zero-order valence-electron chi connectivity index (χ0n) is 16.9. The molecule has 32 heavy (non-hydrogen) atoms. The van der Waals surface area contributed by atoms with Crippen LogP contribution in [0.4, 0.5) is 11.4 Å². The summed E-state index contributed by atoms with van der Waals surface area (Å²) in [6.45, 7) is 1.89. The molecule has 0 aliphatic rings. The number of aryl methyl sites for hydroxylation is 1. The second-order valence-electron chi connectivity index (χ2n) is 7.09. The Bertz CT molecular complexity index is 1420. The highest BCUT2D eigenvalue weighted by Gasteiger charge is 2.15. The van der Waals surface area contributed by atoms with Crippen LogP contribution in [-0.2, 0) is 0 Å². The molecule has 158 valence electrons. The summed E-state index contributed by atoms with van der Waals surface area (Å²) in [5.74, 6) is 0.136. The Morgan fingerprint density at radius 2 is 1.56 bits per heavy atom. The van der Waals surface area contributed by atoms with E-state index in [9.17, 15) is 9.59 Å². The minimum absolute atomic E-state index is 0.217. The number of hydrogen-bond donors (Lipinski definition) is 2. The van der Waals surface area contributed by atoms with Gasteiger partial charge in [-0.3, -0.25) is 9.59 Å². The Morgan fingerprint density at radius 3 is 2.25 bits per heavy atom. The molecule has 2 N–H and O–H groups in total. The van der Waals surface area contributed by atoms with Crippen LogP contribution >= 0.6 is 0 Å². The minimum atomic E-state index is -0.353. The van der Waals surface area contributed by atoms with Crippen LogP contribution in [0.25, 0.3) is 22.6 Å². The Kier molecular flexibility index (Phi) is 4.79. The molecule has 0 bridgehead atoms. The maximum atomic E-state index is 12.3. The molecule has 3 heterocycles. The zero-order valence-corrected chi connectivity index (χ0v) is 16.9. The fourth-order valence-corrected chi connectivity index (χ4v) is 3.21. The second-order valence-corrected chi connectivity index (χ2v) is 7.09. The average Bonchev–Trinajstić information content (AvgIpc) is 3.55.